The van der Waals surface area contributed by atoms with Gasteiger partial charge in [-0.05, 0) is 54.8 Å². The second-order valence-electron chi connectivity index (χ2n) is 6.70. The highest BCUT2D eigenvalue weighted by Crippen LogP contribution is 2.28. The van der Waals surface area contributed by atoms with Crippen LogP contribution in [0.2, 0.25) is 0 Å². The second kappa shape index (κ2) is 10.3. The lowest BCUT2D eigenvalue weighted by atomic mass is 10.2. The SMILES string of the molecule is COc1ccc(-c2nnc(SCC(=O)NN=C(C)c3cccs3)n2-c2ccccc2)cc1. The number of thioether (sulfide) groups is 1. The zero-order valence-corrected chi connectivity index (χ0v) is 19.2. The van der Waals surface area contributed by atoms with Crippen LogP contribution in [-0.4, -0.2) is 39.2 Å². The maximum absolute atomic E-state index is 12.4. The van der Waals surface area contributed by atoms with Gasteiger partial charge in [0.2, 0.25) is 0 Å². The van der Waals surface area contributed by atoms with Crippen molar-refractivity contribution < 1.29 is 9.53 Å². The zero-order chi connectivity index (χ0) is 22.3. The normalized spacial score (nSPS) is 11.4. The van der Waals surface area contributed by atoms with Crippen LogP contribution < -0.4 is 10.2 Å². The van der Waals surface area contributed by atoms with Gasteiger partial charge in [-0.3, -0.25) is 9.36 Å². The summed E-state index contributed by atoms with van der Waals surface area (Å²) in [5, 5.41) is 15.5. The van der Waals surface area contributed by atoms with Gasteiger partial charge in [0.25, 0.3) is 5.91 Å². The van der Waals surface area contributed by atoms with Crippen LogP contribution in [-0.2, 0) is 4.79 Å². The fraction of sp³-hybridized carbons (Fsp3) is 0.130. The summed E-state index contributed by atoms with van der Waals surface area (Å²) in [6, 6.07) is 21.4. The Balaban J connectivity index is 1.54. The van der Waals surface area contributed by atoms with Crippen LogP contribution in [0, 0.1) is 0 Å². The Kier molecular flexibility index (Phi) is 6.98. The number of hydrogen-bond acceptors (Lipinski definition) is 7. The van der Waals surface area contributed by atoms with Gasteiger partial charge in [-0.25, -0.2) is 5.43 Å². The number of hydrazone groups is 1. The molecular weight excluding hydrogens is 442 g/mol. The van der Waals surface area contributed by atoms with Crippen LogP contribution in [0.4, 0.5) is 0 Å². The number of aromatic nitrogens is 3. The number of methoxy groups -OCH3 is 1. The van der Waals surface area contributed by atoms with Crippen LogP contribution in [0.5, 0.6) is 5.75 Å². The molecule has 0 saturated carbocycles. The molecule has 0 fully saturated rings. The molecule has 0 saturated heterocycles. The standard InChI is InChI=1S/C23H21N5O2S2/c1-16(20-9-6-14-31-20)24-25-21(29)15-32-23-27-26-22(17-10-12-19(30-2)13-11-17)28(23)18-7-4-3-5-8-18/h3-14H,15H2,1-2H3,(H,25,29). The molecule has 0 aliphatic heterocycles. The first-order valence-electron chi connectivity index (χ1n) is 9.81. The van der Waals surface area contributed by atoms with Crippen molar-refractivity contribution in [3.8, 4) is 22.8 Å². The quantitative estimate of drug-likeness (QED) is 0.234. The van der Waals surface area contributed by atoms with Gasteiger partial charge in [-0.2, -0.15) is 5.10 Å². The first kappa shape index (κ1) is 21.8. The summed E-state index contributed by atoms with van der Waals surface area (Å²) in [6.07, 6.45) is 0. The summed E-state index contributed by atoms with van der Waals surface area (Å²) in [5.41, 5.74) is 5.20. The first-order chi connectivity index (χ1) is 15.7. The highest BCUT2D eigenvalue weighted by Gasteiger charge is 2.17. The molecule has 0 spiro atoms. The molecule has 7 nitrogen and oxygen atoms in total. The summed E-state index contributed by atoms with van der Waals surface area (Å²) in [6.45, 7) is 1.87. The second-order valence-corrected chi connectivity index (χ2v) is 8.59. The van der Waals surface area contributed by atoms with Gasteiger partial charge in [0.1, 0.15) is 5.75 Å². The minimum Gasteiger partial charge on any atom is -0.497 e. The molecular formula is C23H21N5O2S2. The third kappa shape index (κ3) is 5.06. The van der Waals surface area contributed by atoms with E-state index in [0.717, 1.165) is 27.6 Å². The fourth-order valence-corrected chi connectivity index (χ4v) is 4.37. The summed E-state index contributed by atoms with van der Waals surface area (Å²) in [7, 11) is 1.63. The molecule has 4 rings (SSSR count). The summed E-state index contributed by atoms with van der Waals surface area (Å²) in [4.78, 5) is 13.4. The van der Waals surface area contributed by atoms with E-state index in [4.69, 9.17) is 4.74 Å². The smallest absolute Gasteiger partial charge is 0.250 e. The number of thiophene rings is 1. The topological polar surface area (TPSA) is 81.4 Å². The van der Waals surface area contributed by atoms with E-state index >= 15 is 0 Å². The summed E-state index contributed by atoms with van der Waals surface area (Å²) < 4.78 is 7.20. The van der Waals surface area contributed by atoms with E-state index in [0.29, 0.717) is 11.0 Å². The molecule has 0 atom stereocenters. The lowest BCUT2D eigenvalue weighted by Crippen LogP contribution is -2.21. The minimum atomic E-state index is -0.209. The van der Waals surface area contributed by atoms with E-state index < -0.39 is 0 Å². The van der Waals surface area contributed by atoms with Gasteiger partial charge < -0.3 is 4.74 Å². The number of nitrogens with zero attached hydrogens (tertiary/aromatic N) is 4. The van der Waals surface area contributed by atoms with Crippen LogP contribution in [0.1, 0.15) is 11.8 Å². The van der Waals surface area contributed by atoms with Crippen LogP contribution in [0.15, 0.2) is 82.4 Å². The third-order valence-electron chi connectivity index (χ3n) is 4.55. The highest BCUT2D eigenvalue weighted by molar-refractivity contribution is 7.99. The van der Waals surface area contributed by atoms with E-state index in [1.165, 1.54) is 11.8 Å². The molecule has 2 aromatic carbocycles. The Morgan fingerprint density at radius 2 is 1.88 bits per heavy atom. The molecule has 9 heteroatoms. The molecule has 1 N–H and O–H groups in total. The van der Waals surface area contributed by atoms with Gasteiger partial charge >= 0.3 is 0 Å². The summed E-state index contributed by atoms with van der Waals surface area (Å²) in [5.74, 6) is 1.41. The first-order valence-corrected chi connectivity index (χ1v) is 11.7. The molecule has 0 aliphatic rings. The molecule has 162 valence electrons. The Morgan fingerprint density at radius 3 is 2.56 bits per heavy atom. The molecule has 1 amide bonds. The van der Waals surface area contributed by atoms with Gasteiger partial charge in [0, 0.05) is 16.1 Å². The van der Waals surface area contributed by atoms with Gasteiger partial charge in [-0.15, -0.1) is 21.5 Å². The number of carbonyl (C=O) groups excluding carboxylic acids is 1. The molecule has 32 heavy (non-hydrogen) atoms. The Labute approximate surface area is 194 Å². The van der Waals surface area contributed by atoms with Crippen molar-refractivity contribution in [2.24, 2.45) is 5.10 Å². The monoisotopic (exact) mass is 463 g/mol. The Hall–Kier alpha value is -3.43. The van der Waals surface area contributed by atoms with Crippen molar-refractivity contribution in [2.75, 3.05) is 12.9 Å². The van der Waals surface area contributed by atoms with E-state index in [2.05, 4.69) is 20.7 Å². The highest BCUT2D eigenvalue weighted by atomic mass is 32.2. The van der Waals surface area contributed by atoms with Crippen LogP contribution in [0.25, 0.3) is 17.1 Å². The number of benzene rings is 2. The molecule has 0 unspecified atom stereocenters. The van der Waals surface area contributed by atoms with Crippen molar-refractivity contribution in [3.63, 3.8) is 0 Å². The largest absolute Gasteiger partial charge is 0.497 e. The average molecular weight is 464 g/mol. The molecule has 0 radical (unpaired) electrons. The van der Waals surface area contributed by atoms with Crippen molar-refractivity contribution in [2.45, 2.75) is 12.1 Å². The van der Waals surface area contributed by atoms with Gasteiger partial charge in [-0.1, -0.05) is 36.0 Å². The van der Waals surface area contributed by atoms with E-state index in [1.807, 2.05) is 83.6 Å². The maximum atomic E-state index is 12.4. The van der Waals surface area contributed by atoms with E-state index in [9.17, 15) is 4.79 Å². The number of rotatable bonds is 8. The van der Waals surface area contributed by atoms with Crippen molar-refractivity contribution in [1.29, 1.82) is 0 Å². The average Bonchev–Trinajstić information content (AvgIpc) is 3.52. The Bertz CT molecular complexity index is 1200. The summed E-state index contributed by atoms with van der Waals surface area (Å²) >= 11 is 2.89. The lowest BCUT2D eigenvalue weighted by molar-refractivity contribution is -0.118. The predicted octanol–water partition coefficient (Wildman–Crippen LogP) is 4.64. The number of nitrogens with one attached hydrogen (secondary N) is 1. The molecule has 0 bridgehead atoms. The molecule has 4 aromatic rings. The van der Waals surface area contributed by atoms with E-state index in [-0.39, 0.29) is 11.7 Å². The zero-order valence-electron chi connectivity index (χ0n) is 17.6. The van der Waals surface area contributed by atoms with Crippen LogP contribution in [0.3, 0.4) is 0 Å². The lowest BCUT2D eigenvalue weighted by Gasteiger charge is -2.10. The molecule has 2 heterocycles. The molecule has 0 aliphatic carbocycles. The number of carbonyl (C=O) groups is 1. The number of hydrogen-bond donors (Lipinski definition) is 1. The van der Waals surface area contributed by atoms with Crippen molar-refractivity contribution >= 4 is 34.7 Å². The number of para-hydroxylation sites is 1. The maximum Gasteiger partial charge on any atom is 0.250 e. The van der Waals surface area contributed by atoms with Crippen molar-refractivity contribution in [1.82, 2.24) is 20.2 Å². The van der Waals surface area contributed by atoms with E-state index in [1.54, 1.807) is 18.4 Å². The van der Waals surface area contributed by atoms with Gasteiger partial charge in [0.05, 0.1) is 18.6 Å². The predicted molar refractivity (Wildman–Crippen MR) is 129 cm³/mol. The fourth-order valence-electron chi connectivity index (χ4n) is 2.95. The van der Waals surface area contributed by atoms with Crippen molar-refractivity contribution in [3.05, 3.63) is 77.0 Å². The minimum absolute atomic E-state index is 0.162. The Morgan fingerprint density at radius 1 is 1.09 bits per heavy atom. The number of amides is 1. The molecule has 2 aromatic heterocycles. The third-order valence-corrected chi connectivity index (χ3v) is 6.46. The van der Waals surface area contributed by atoms with Gasteiger partial charge in [0.15, 0.2) is 11.0 Å². The number of ether oxygens (including phenoxy) is 1. The van der Waals surface area contributed by atoms with Crippen LogP contribution >= 0.6 is 23.1 Å².